The fraction of sp³-hybridized carbons (Fsp3) is 0.727. The second-order valence-corrected chi connectivity index (χ2v) is 7.27. The van der Waals surface area contributed by atoms with Crippen molar-refractivity contribution in [1.29, 1.82) is 0 Å². The third-order valence-corrected chi connectivity index (χ3v) is 5.10. The van der Waals surface area contributed by atoms with Crippen molar-refractivity contribution < 1.29 is 14.1 Å². The molecule has 2 aliphatic heterocycles. The summed E-state index contributed by atoms with van der Waals surface area (Å²) in [5.41, 5.74) is -0.00570. The molecule has 166 valence electrons. The van der Waals surface area contributed by atoms with Crippen LogP contribution in [0.2, 0.25) is 0 Å². The van der Waals surface area contributed by atoms with E-state index in [1.807, 2.05) is 32.6 Å². The molecular formula is C22H38FN3O3. The highest BCUT2D eigenvalue weighted by Crippen LogP contribution is 2.34. The van der Waals surface area contributed by atoms with Crippen molar-refractivity contribution in [3.8, 4) is 0 Å². The van der Waals surface area contributed by atoms with E-state index in [1.165, 1.54) is 18.2 Å². The smallest absolute Gasteiger partial charge is 0.295 e. The standard InChI is InChI=1S/C18H26FN3O3.2C2H6/c1-13-10-20(11-14(2)25-13)12-15-6-8-21(9-7-15)18-16(19)4-3-5-17(18)22(23)24;2*1-2/h3-5,13-15H,6-12H2,1-2H3;2*1-2H3. The summed E-state index contributed by atoms with van der Waals surface area (Å²) in [7, 11) is 0. The number of hydrogen-bond donors (Lipinski definition) is 0. The summed E-state index contributed by atoms with van der Waals surface area (Å²) in [5.74, 6) is 0.0306. The molecule has 1 aromatic carbocycles. The van der Waals surface area contributed by atoms with Crippen molar-refractivity contribution in [1.82, 2.24) is 4.90 Å². The molecule has 2 unspecified atom stereocenters. The van der Waals surface area contributed by atoms with E-state index in [4.69, 9.17) is 4.74 Å². The predicted octanol–water partition coefficient (Wildman–Crippen LogP) is 5.11. The fourth-order valence-corrected chi connectivity index (χ4v) is 4.10. The first-order valence-electron chi connectivity index (χ1n) is 11.0. The zero-order valence-electron chi connectivity index (χ0n) is 18.9. The van der Waals surface area contributed by atoms with Crippen molar-refractivity contribution in [2.45, 2.75) is 66.6 Å². The molecule has 2 fully saturated rings. The number of halogens is 1. The quantitative estimate of drug-likeness (QED) is 0.509. The van der Waals surface area contributed by atoms with E-state index in [-0.39, 0.29) is 23.6 Å². The minimum Gasteiger partial charge on any atom is -0.373 e. The molecule has 2 aliphatic rings. The lowest BCUT2D eigenvalue weighted by Gasteiger charge is -2.39. The van der Waals surface area contributed by atoms with Crippen LogP contribution >= 0.6 is 0 Å². The zero-order valence-corrected chi connectivity index (χ0v) is 18.9. The number of rotatable bonds is 4. The number of benzene rings is 1. The summed E-state index contributed by atoms with van der Waals surface area (Å²) >= 11 is 0. The number of piperidine rings is 1. The summed E-state index contributed by atoms with van der Waals surface area (Å²) in [5, 5.41) is 11.2. The van der Waals surface area contributed by atoms with Gasteiger partial charge in [0, 0.05) is 38.8 Å². The molecule has 0 aliphatic carbocycles. The van der Waals surface area contributed by atoms with Gasteiger partial charge in [0.25, 0.3) is 5.69 Å². The van der Waals surface area contributed by atoms with E-state index in [0.717, 1.165) is 32.5 Å². The summed E-state index contributed by atoms with van der Waals surface area (Å²) in [6.45, 7) is 16.4. The minimum atomic E-state index is -0.511. The van der Waals surface area contributed by atoms with E-state index in [0.29, 0.717) is 19.0 Å². The lowest BCUT2D eigenvalue weighted by atomic mass is 9.95. The Morgan fingerprint density at radius 2 is 1.66 bits per heavy atom. The van der Waals surface area contributed by atoms with Crippen LogP contribution in [-0.2, 0) is 4.74 Å². The number of hydrogen-bond acceptors (Lipinski definition) is 5. The van der Waals surface area contributed by atoms with E-state index in [1.54, 1.807) is 0 Å². The third-order valence-electron chi connectivity index (χ3n) is 5.10. The molecule has 2 atom stereocenters. The summed E-state index contributed by atoms with van der Waals surface area (Å²) in [4.78, 5) is 15.0. The molecule has 0 N–H and O–H groups in total. The van der Waals surface area contributed by atoms with E-state index in [2.05, 4.69) is 18.7 Å². The monoisotopic (exact) mass is 411 g/mol. The number of morpholine rings is 1. The van der Waals surface area contributed by atoms with Crippen LogP contribution in [-0.4, -0.2) is 54.8 Å². The molecule has 6 nitrogen and oxygen atoms in total. The van der Waals surface area contributed by atoms with Gasteiger partial charge in [-0.2, -0.15) is 0 Å². The third kappa shape index (κ3) is 7.23. The Morgan fingerprint density at radius 3 is 2.17 bits per heavy atom. The highest BCUT2D eigenvalue weighted by atomic mass is 19.1. The minimum absolute atomic E-state index is 0.138. The first kappa shape index (κ1) is 25.3. The Bertz CT molecular complexity index is 611. The topological polar surface area (TPSA) is 58.9 Å². The maximum atomic E-state index is 14.2. The molecule has 2 heterocycles. The molecule has 0 bridgehead atoms. The SMILES string of the molecule is CC.CC.CC1CN(CC2CCN(c3c(F)cccc3[N+](=O)[O-])CC2)CC(C)O1. The molecule has 0 spiro atoms. The number of para-hydroxylation sites is 1. The van der Waals surface area contributed by atoms with Gasteiger partial charge >= 0.3 is 0 Å². The van der Waals surface area contributed by atoms with Gasteiger partial charge in [-0.1, -0.05) is 33.8 Å². The van der Waals surface area contributed by atoms with Crippen LogP contribution in [0.3, 0.4) is 0 Å². The van der Waals surface area contributed by atoms with Crippen LogP contribution < -0.4 is 4.90 Å². The highest BCUT2D eigenvalue weighted by Gasteiger charge is 2.30. The van der Waals surface area contributed by atoms with Crippen molar-refractivity contribution in [3.05, 3.63) is 34.1 Å². The number of anilines is 1. The number of ether oxygens (including phenoxy) is 1. The molecule has 0 amide bonds. The van der Waals surface area contributed by atoms with Crippen molar-refractivity contribution >= 4 is 11.4 Å². The van der Waals surface area contributed by atoms with Crippen LogP contribution in [0.1, 0.15) is 54.4 Å². The van der Waals surface area contributed by atoms with Gasteiger partial charge in [0.1, 0.15) is 0 Å². The number of nitro benzene ring substituents is 1. The lowest BCUT2D eigenvalue weighted by Crippen LogP contribution is -2.48. The Morgan fingerprint density at radius 1 is 1.10 bits per heavy atom. The average Bonchev–Trinajstić information content (AvgIpc) is 2.71. The first-order valence-corrected chi connectivity index (χ1v) is 11.0. The highest BCUT2D eigenvalue weighted by molar-refractivity contribution is 5.64. The van der Waals surface area contributed by atoms with Crippen LogP contribution in [0, 0.1) is 21.8 Å². The molecule has 7 heteroatoms. The van der Waals surface area contributed by atoms with Gasteiger partial charge in [-0.25, -0.2) is 4.39 Å². The van der Waals surface area contributed by atoms with Gasteiger partial charge < -0.3 is 9.64 Å². The average molecular weight is 412 g/mol. The van der Waals surface area contributed by atoms with Gasteiger partial charge in [0.05, 0.1) is 17.1 Å². The van der Waals surface area contributed by atoms with Gasteiger partial charge in [0.2, 0.25) is 0 Å². The van der Waals surface area contributed by atoms with Crippen molar-refractivity contribution in [2.75, 3.05) is 37.6 Å². The first-order chi connectivity index (χ1) is 13.9. The fourth-order valence-electron chi connectivity index (χ4n) is 4.10. The Balaban J connectivity index is 0.000000989. The lowest BCUT2D eigenvalue weighted by molar-refractivity contribution is -0.384. The van der Waals surface area contributed by atoms with Crippen molar-refractivity contribution in [2.24, 2.45) is 5.92 Å². The Labute approximate surface area is 175 Å². The van der Waals surface area contributed by atoms with Gasteiger partial charge in [-0.3, -0.25) is 15.0 Å². The number of nitro groups is 1. The summed E-state index contributed by atoms with van der Waals surface area (Å²) in [6, 6.07) is 4.07. The molecule has 0 aromatic heterocycles. The van der Waals surface area contributed by atoms with Gasteiger partial charge in [-0.15, -0.1) is 0 Å². The van der Waals surface area contributed by atoms with Crippen LogP contribution in [0.4, 0.5) is 15.8 Å². The second-order valence-electron chi connectivity index (χ2n) is 7.27. The molecule has 3 rings (SSSR count). The maximum absolute atomic E-state index is 14.2. The molecular weight excluding hydrogens is 373 g/mol. The second kappa shape index (κ2) is 12.8. The Hall–Kier alpha value is -1.73. The van der Waals surface area contributed by atoms with Crippen LogP contribution in [0.15, 0.2) is 18.2 Å². The van der Waals surface area contributed by atoms with Gasteiger partial charge in [0.15, 0.2) is 11.5 Å². The zero-order chi connectivity index (χ0) is 22.0. The molecule has 2 saturated heterocycles. The van der Waals surface area contributed by atoms with Crippen LogP contribution in [0.5, 0.6) is 0 Å². The largest absolute Gasteiger partial charge is 0.373 e. The summed E-state index contributed by atoms with van der Waals surface area (Å²) < 4.78 is 20.0. The van der Waals surface area contributed by atoms with Gasteiger partial charge in [-0.05, 0) is 38.7 Å². The van der Waals surface area contributed by atoms with E-state index >= 15 is 0 Å². The van der Waals surface area contributed by atoms with E-state index in [9.17, 15) is 14.5 Å². The van der Waals surface area contributed by atoms with Crippen LogP contribution in [0.25, 0.3) is 0 Å². The molecule has 0 radical (unpaired) electrons. The predicted molar refractivity (Wildman–Crippen MR) is 117 cm³/mol. The normalized spacial score (nSPS) is 22.8. The van der Waals surface area contributed by atoms with Crippen molar-refractivity contribution in [3.63, 3.8) is 0 Å². The maximum Gasteiger partial charge on any atom is 0.295 e. The molecule has 1 aromatic rings. The molecule has 0 saturated carbocycles. The summed E-state index contributed by atoms with van der Waals surface area (Å²) in [6.07, 6.45) is 2.35. The number of nitrogens with zero attached hydrogens (tertiary/aromatic N) is 3. The van der Waals surface area contributed by atoms with E-state index < -0.39 is 10.7 Å². The molecule has 29 heavy (non-hydrogen) atoms. The Kier molecular flexibility index (Phi) is 11.1.